The summed E-state index contributed by atoms with van der Waals surface area (Å²) in [5.41, 5.74) is 12.7. The van der Waals surface area contributed by atoms with Gasteiger partial charge in [-0.15, -0.1) is 0 Å². The Morgan fingerprint density at radius 2 is 1.92 bits per heavy atom. The van der Waals surface area contributed by atoms with Gasteiger partial charge in [-0.1, -0.05) is 48.5 Å². The summed E-state index contributed by atoms with van der Waals surface area (Å²) < 4.78 is 9.36. The molecular weight excluding hydrogens is 490 g/mol. The number of nitrogens with zero attached hydrogens (tertiary/aromatic N) is 6. The van der Waals surface area contributed by atoms with E-state index in [1.807, 2.05) is 48.2 Å². The standard InChI is InChI=1S/C30H31N7O2/c1-30(2,3)39-29(38)35-13-11-21(12-14-35)26-16-24(27-28(31)32-19-33-37(26)27)22-9-10-23-18-36(34-25(23)15-22)17-20-7-5-4-6-8-20/h4-11,15-16,18-19H,12-14,17H2,1-3H3,(H2,31,32,33). The fourth-order valence-corrected chi connectivity index (χ4v) is 5.00. The normalized spacial score (nSPS) is 14.1. The molecule has 1 aliphatic rings. The first-order chi connectivity index (χ1) is 18.7. The first-order valence-electron chi connectivity index (χ1n) is 13.1. The molecule has 9 nitrogen and oxygen atoms in total. The maximum atomic E-state index is 12.5. The van der Waals surface area contributed by atoms with Gasteiger partial charge in [0.25, 0.3) is 0 Å². The molecule has 0 saturated heterocycles. The molecule has 5 aromatic rings. The molecule has 0 bridgehead atoms. The van der Waals surface area contributed by atoms with Gasteiger partial charge in [-0.25, -0.2) is 14.3 Å². The van der Waals surface area contributed by atoms with Gasteiger partial charge in [-0.2, -0.15) is 10.2 Å². The third-order valence-corrected chi connectivity index (χ3v) is 6.83. The van der Waals surface area contributed by atoms with Gasteiger partial charge in [0.2, 0.25) is 0 Å². The second-order valence-electron chi connectivity index (χ2n) is 10.8. The summed E-state index contributed by atoms with van der Waals surface area (Å²) >= 11 is 0. The fraction of sp³-hybridized carbons (Fsp3) is 0.267. The Morgan fingerprint density at radius 3 is 2.67 bits per heavy atom. The monoisotopic (exact) mass is 521 g/mol. The van der Waals surface area contributed by atoms with E-state index < -0.39 is 5.60 Å². The van der Waals surface area contributed by atoms with Crippen molar-refractivity contribution >= 4 is 33.9 Å². The summed E-state index contributed by atoms with van der Waals surface area (Å²) in [6.45, 7) is 7.37. The van der Waals surface area contributed by atoms with E-state index in [-0.39, 0.29) is 6.09 Å². The highest BCUT2D eigenvalue weighted by molar-refractivity contribution is 5.94. The second-order valence-corrected chi connectivity index (χ2v) is 10.8. The summed E-state index contributed by atoms with van der Waals surface area (Å²) in [6.07, 6.45) is 5.98. The molecule has 0 spiro atoms. The number of carbonyl (C=O) groups is 1. The quantitative estimate of drug-likeness (QED) is 0.340. The maximum Gasteiger partial charge on any atom is 0.410 e. The number of amides is 1. The van der Waals surface area contributed by atoms with Crippen molar-refractivity contribution in [3.63, 3.8) is 0 Å². The molecule has 0 unspecified atom stereocenters. The van der Waals surface area contributed by atoms with E-state index in [2.05, 4.69) is 58.8 Å². The molecule has 0 aliphatic carbocycles. The van der Waals surface area contributed by atoms with E-state index in [0.29, 0.717) is 31.9 Å². The minimum absolute atomic E-state index is 0.301. The van der Waals surface area contributed by atoms with Crippen molar-refractivity contribution < 1.29 is 9.53 Å². The lowest BCUT2D eigenvalue weighted by Gasteiger charge is -2.29. The zero-order valence-electron chi connectivity index (χ0n) is 22.3. The molecule has 39 heavy (non-hydrogen) atoms. The van der Waals surface area contributed by atoms with Gasteiger partial charge in [0.1, 0.15) is 17.4 Å². The number of hydrogen-bond acceptors (Lipinski definition) is 6. The number of aromatic nitrogens is 5. The van der Waals surface area contributed by atoms with Gasteiger partial charge in [0, 0.05) is 30.2 Å². The van der Waals surface area contributed by atoms with Crippen molar-refractivity contribution in [3.05, 3.63) is 84.5 Å². The second kappa shape index (κ2) is 9.58. The van der Waals surface area contributed by atoms with Crippen LogP contribution in [0.15, 0.2) is 73.2 Å². The van der Waals surface area contributed by atoms with E-state index in [0.717, 1.165) is 38.8 Å². The van der Waals surface area contributed by atoms with Gasteiger partial charge in [0.05, 0.1) is 17.8 Å². The lowest BCUT2D eigenvalue weighted by Crippen LogP contribution is -2.39. The minimum atomic E-state index is -0.527. The predicted molar refractivity (Wildman–Crippen MR) is 152 cm³/mol. The highest BCUT2D eigenvalue weighted by Gasteiger charge is 2.26. The average molecular weight is 522 g/mol. The molecular formula is C30H31N7O2. The van der Waals surface area contributed by atoms with E-state index in [1.165, 1.54) is 11.9 Å². The molecule has 2 aromatic carbocycles. The Kier molecular flexibility index (Phi) is 6.06. The van der Waals surface area contributed by atoms with Crippen LogP contribution in [0.4, 0.5) is 10.6 Å². The number of carbonyl (C=O) groups excluding carboxylic acids is 1. The Balaban J connectivity index is 1.34. The SMILES string of the molecule is CC(C)(C)OC(=O)N1CC=C(c2cc(-c3ccc4cn(Cc5ccccc5)nc4c3)c3c(N)ncnn23)CC1. The number of benzene rings is 2. The largest absolute Gasteiger partial charge is 0.444 e. The van der Waals surface area contributed by atoms with Gasteiger partial charge in [-0.3, -0.25) is 4.68 Å². The van der Waals surface area contributed by atoms with Gasteiger partial charge >= 0.3 is 6.09 Å². The van der Waals surface area contributed by atoms with Crippen molar-refractivity contribution in [2.75, 3.05) is 18.8 Å². The first-order valence-corrected chi connectivity index (χ1v) is 13.1. The van der Waals surface area contributed by atoms with Crippen molar-refractivity contribution in [2.24, 2.45) is 0 Å². The van der Waals surface area contributed by atoms with Crippen LogP contribution in [-0.2, 0) is 11.3 Å². The fourth-order valence-electron chi connectivity index (χ4n) is 5.00. The number of nitrogens with two attached hydrogens (primary N) is 1. The molecule has 0 fully saturated rings. The van der Waals surface area contributed by atoms with Gasteiger partial charge in [-0.05, 0) is 56.0 Å². The minimum Gasteiger partial charge on any atom is -0.444 e. The highest BCUT2D eigenvalue weighted by atomic mass is 16.6. The summed E-state index contributed by atoms with van der Waals surface area (Å²) in [7, 11) is 0. The Bertz CT molecular complexity index is 1710. The third-order valence-electron chi connectivity index (χ3n) is 6.83. The van der Waals surface area contributed by atoms with Crippen LogP contribution < -0.4 is 5.73 Å². The van der Waals surface area contributed by atoms with Crippen LogP contribution in [0.3, 0.4) is 0 Å². The average Bonchev–Trinajstić information content (AvgIpc) is 3.50. The van der Waals surface area contributed by atoms with Crippen LogP contribution in [0.1, 0.15) is 38.4 Å². The van der Waals surface area contributed by atoms with Crippen LogP contribution >= 0.6 is 0 Å². The Labute approximate surface area is 226 Å². The van der Waals surface area contributed by atoms with Crippen LogP contribution in [0.2, 0.25) is 0 Å². The molecule has 0 atom stereocenters. The summed E-state index contributed by atoms with van der Waals surface area (Å²) in [6, 6.07) is 18.7. The molecule has 0 saturated carbocycles. The van der Waals surface area contributed by atoms with Crippen molar-refractivity contribution in [1.29, 1.82) is 0 Å². The molecule has 4 heterocycles. The van der Waals surface area contributed by atoms with Crippen molar-refractivity contribution in [1.82, 2.24) is 29.3 Å². The predicted octanol–water partition coefficient (Wildman–Crippen LogP) is 5.40. The van der Waals surface area contributed by atoms with E-state index in [9.17, 15) is 4.79 Å². The van der Waals surface area contributed by atoms with Crippen molar-refractivity contribution in [2.45, 2.75) is 39.3 Å². The molecule has 2 N–H and O–H groups in total. The molecule has 0 radical (unpaired) electrons. The topological polar surface area (TPSA) is 104 Å². The van der Waals surface area contributed by atoms with Crippen molar-refractivity contribution in [3.8, 4) is 11.1 Å². The first kappa shape index (κ1) is 24.7. The smallest absolute Gasteiger partial charge is 0.410 e. The number of nitrogen functional groups attached to an aromatic ring is 1. The van der Waals surface area contributed by atoms with E-state index in [4.69, 9.17) is 15.6 Å². The number of hydrogen-bond donors (Lipinski definition) is 1. The number of rotatable bonds is 4. The van der Waals surface area contributed by atoms with Crippen LogP contribution in [0, 0.1) is 0 Å². The number of ether oxygens (including phenoxy) is 1. The van der Waals surface area contributed by atoms with Crippen LogP contribution in [-0.4, -0.2) is 54.1 Å². The molecule has 9 heteroatoms. The molecule has 3 aromatic heterocycles. The van der Waals surface area contributed by atoms with Crippen LogP contribution in [0.5, 0.6) is 0 Å². The summed E-state index contributed by atoms with van der Waals surface area (Å²) in [5, 5.41) is 10.4. The molecule has 6 rings (SSSR count). The number of fused-ring (bicyclic) bond motifs is 2. The van der Waals surface area contributed by atoms with E-state index >= 15 is 0 Å². The summed E-state index contributed by atoms with van der Waals surface area (Å²) in [4.78, 5) is 18.5. The number of anilines is 1. The Hall–Kier alpha value is -4.66. The van der Waals surface area contributed by atoms with E-state index in [1.54, 1.807) is 4.90 Å². The molecule has 1 aliphatic heterocycles. The van der Waals surface area contributed by atoms with Gasteiger partial charge in [0.15, 0.2) is 5.82 Å². The lowest BCUT2D eigenvalue weighted by atomic mass is 10.0. The zero-order valence-corrected chi connectivity index (χ0v) is 22.3. The Morgan fingerprint density at radius 1 is 1.10 bits per heavy atom. The van der Waals surface area contributed by atoms with Gasteiger partial charge < -0.3 is 15.4 Å². The van der Waals surface area contributed by atoms with Crippen LogP contribution in [0.25, 0.3) is 33.1 Å². The highest BCUT2D eigenvalue weighted by Crippen LogP contribution is 2.35. The zero-order chi connectivity index (χ0) is 27.1. The molecule has 1 amide bonds. The summed E-state index contributed by atoms with van der Waals surface area (Å²) in [5.74, 6) is 0.410. The third kappa shape index (κ3) is 4.95. The molecule has 198 valence electrons. The lowest BCUT2D eigenvalue weighted by molar-refractivity contribution is 0.0270. The maximum absolute atomic E-state index is 12.5.